The predicted molar refractivity (Wildman–Crippen MR) is 93.1 cm³/mol. The fourth-order valence-electron chi connectivity index (χ4n) is 3.17. The maximum Gasteiger partial charge on any atom is 0.264 e. The number of aromatic nitrogens is 1. The average Bonchev–Trinajstić information content (AvgIpc) is 3.24. The fraction of sp³-hybridized carbons (Fsp3) is 0.167. The fourth-order valence-corrected chi connectivity index (χ4v) is 4.05. The molecule has 1 atom stereocenters. The minimum atomic E-state index is -0.105. The van der Waals surface area contributed by atoms with Crippen molar-refractivity contribution in [3.05, 3.63) is 81.3 Å². The molecule has 0 fully saturated rings. The summed E-state index contributed by atoms with van der Waals surface area (Å²) in [7, 11) is 0. The van der Waals surface area contributed by atoms with Crippen LogP contribution in [0.3, 0.4) is 0 Å². The highest BCUT2D eigenvalue weighted by atomic mass is 35.5. The van der Waals surface area contributed by atoms with E-state index in [1.165, 1.54) is 11.3 Å². The number of hydrogen-bond acceptors (Lipinski definition) is 2. The third-order valence-electron chi connectivity index (χ3n) is 4.20. The van der Waals surface area contributed by atoms with Gasteiger partial charge in [0, 0.05) is 30.0 Å². The van der Waals surface area contributed by atoms with E-state index < -0.39 is 0 Å². The van der Waals surface area contributed by atoms with Crippen molar-refractivity contribution in [2.24, 2.45) is 0 Å². The molecule has 3 nitrogen and oxygen atoms in total. The van der Waals surface area contributed by atoms with Crippen LogP contribution in [0.5, 0.6) is 0 Å². The van der Waals surface area contributed by atoms with Crippen LogP contribution < -0.4 is 0 Å². The molecule has 2 aromatic heterocycles. The highest BCUT2D eigenvalue weighted by Crippen LogP contribution is 2.34. The number of carbonyl (C=O) groups excluding carboxylic acids is 1. The average molecular weight is 343 g/mol. The summed E-state index contributed by atoms with van der Waals surface area (Å²) in [6.45, 7) is 1.51. The molecule has 1 aliphatic heterocycles. The molecule has 1 aromatic carbocycles. The van der Waals surface area contributed by atoms with Gasteiger partial charge in [-0.15, -0.1) is 11.3 Å². The Kier molecular flexibility index (Phi) is 3.71. The van der Waals surface area contributed by atoms with Gasteiger partial charge < -0.3 is 9.47 Å². The molecule has 5 heteroatoms. The van der Waals surface area contributed by atoms with Crippen LogP contribution in [-0.4, -0.2) is 21.9 Å². The first-order valence-electron chi connectivity index (χ1n) is 7.49. The summed E-state index contributed by atoms with van der Waals surface area (Å²) >= 11 is 7.67. The van der Waals surface area contributed by atoms with E-state index in [4.69, 9.17) is 11.6 Å². The molecule has 0 radical (unpaired) electrons. The molecule has 1 amide bonds. The van der Waals surface area contributed by atoms with Gasteiger partial charge in [-0.1, -0.05) is 29.8 Å². The maximum atomic E-state index is 13.0. The third-order valence-corrected chi connectivity index (χ3v) is 5.29. The van der Waals surface area contributed by atoms with Crippen LogP contribution in [0.2, 0.25) is 5.02 Å². The second-order valence-corrected chi connectivity index (χ2v) is 6.94. The lowest BCUT2D eigenvalue weighted by atomic mass is 9.99. The van der Waals surface area contributed by atoms with Gasteiger partial charge in [0.1, 0.15) is 0 Å². The third kappa shape index (κ3) is 2.58. The Morgan fingerprint density at radius 2 is 2.04 bits per heavy atom. The highest BCUT2D eigenvalue weighted by Gasteiger charge is 2.33. The Morgan fingerprint density at radius 1 is 1.13 bits per heavy atom. The van der Waals surface area contributed by atoms with Crippen molar-refractivity contribution in [1.82, 2.24) is 9.47 Å². The largest absolute Gasteiger partial charge is 0.348 e. The summed E-state index contributed by atoms with van der Waals surface area (Å²) in [4.78, 5) is 15.7. The second-order valence-electron chi connectivity index (χ2n) is 5.56. The lowest BCUT2D eigenvalue weighted by Gasteiger charge is -2.37. The number of nitrogens with zero attached hydrogens (tertiary/aromatic N) is 2. The van der Waals surface area contributed by atoms with E-state index in [2.05, 4.69) is 16.8 Å². The van der Waals surface area contributed by atoms with Gasteiger partial charge in [-0.05, 0) is 41.3 Å². The molecule has 3 aromatic rings. The van der Waals surface area contributed by atoms with E-state index in [1.807, 2.05) is 52.7 Å². The van der Waals surface area contributed by atoms with Crippen molar-refractivity contribution in [3.63, 3.8) is 0 Å². The molecule has 1 aliphatic rings. The normalized spacial score (nSPS) is 17.1. The number of hydrogen-bond donors (Lipinski definition) is 0. The minimum absolute atomic E-state index is 0.0809. The Bertz CT molecular complexity index is 840. The first-order valence-corrected chi connectivity index (χ1v) is 8.75. The summed E-state index contributed by atoms with van der Waals surface area (Å²) in [5, 5.41) is 2.63. The van der Waals surface area contributed by atoms with E-state index in [0.29, 0.717) is 11.6 Å². The molecular weight excluding hydrogens is 328 g/mol. The summed E-state index contributed by atoms with van der Waals surface area (Å²) in [5.41, 5.74) is 2.17. The Morgan fingerprint density at radius 3 is 2.83 bits per heavy atom. The SMILES string of the molecule is O=C(c1cccs1)N1CCn2cccc2C1c1cccc(Cl)c1. The second kappa shape index (κ2) is 5.87. The molecule has 1 unspecified atom stereocenters. The number of amides is 1. The number of carbonyl (C=O) groups is 1. The lowest BCUT2D eigenvalue weighted by molar-refractivity contribution is 0.0669. The molecule has 0 saturated carbocycles. The standard InChI is InChI=1S/C18H15ClN2OS/c19-14-5-1-4-13(12-14)17-15-6-2-8-20(15)9-10-21(17)18(22)16-7-3-11-23-16/h1-8,11-12,17H,9-10H2. The van der Waals surface area contributed by atoms with Gasteiger partial charge >= 0.3 is 0 Å². The smallest absolute Gasteiger partial charge is 0.264 e. The predicted octanol–water partition coefficient (Wildman–Crippen LogP) is 4.45. The lowest BCUT2D eigenvalue weighted by Crippen LogP contribution is -2.42. The van der Waals surface area contributed by atoms with Gasteiger partial charge in [0.25, 0.3) is 5.91 Å². The van der Waals surface area contributed by atoms with Crippen molar-refractivity contribution in [3.8, 4) is 0 Å². The summed E-state index contributed by atoms with van der Waals surface area (Å²) in [5.74, 6) is 0.0809. The van der Waals surface area contributed by atoms with Crippen LogP contribution in [0.15, 0.2) is 60.1 Å². The first kappa shape index (κ1) is 14.5. The van der Waals surface area contributed by atoms with Crippen LogP contribution in [0.4, 0.5) is 0 Å². The molecule has 4 rings (SSSR count). The van der Waals surface area contributed by atoms with Crippen molar-refractivity contribution in [2.75, 3.05) is 6.54 Å². The molecule has 3 heterocycles. The van der Waals surface area contributed by atoms with Crippen LogP contribution >= 0.6 is 22.9 Å². The van der Waals surface area contributed by atoms with Gasteiger partial charge in [-0.25, -0.2) is 0 Å². The molecule has 0 aliphatic carbocycles. The number of thiophene rings is 1. The number of halogens is 1. The van der Waals surface area contributed by atoms with Gasteiger partial charge in [-0.3, -0.25) is 4.79 Å². The molecule has 0 spiro atoms. The van der Waals surface area contributed by atoms with Crippen LogP contribution in [0.25, 0.3) is 0 Å². The highest BCUT2D eigenvalue weighted by molar-refractivity contribution is 7.12. The van der Waals surface area contributed by atoms with Crippen LogP contribution in [-0.2, 0) is 6.54 Å². The van der Waals surface area contributed by atoms with Crippen molar-refractivity contribution >= 4 is 28.8 Å². The van der Waals surface area contributed by atoms with Gasteiger partial charge in [0.15, 0.2) is 0 Å². The monoisotopic (exact) mass is 342 g/mol. The van der Waals surface area contributed by atoms with Gasteiger partial charge in [-0.2, -0.15) is 0 Å². The zero-order chi connectivity index (χ0) is 15.8. The number of rotatable bonds is 2. The molecular formula is C18H15ClN2OS. The molecule has 0 bridgehead atoms. The zero-order valence-electron chi connectivity index (χ0n) is 12.4. The maximum absolute atomic E-state index is 13.0. The Balaban J connectivity index is 1.81. The van der Waals surface area contributed by atoms with Crippen LogP contribution in [0.1, 0.15) is 27.0 Å². The molecule has 0 saturated heterocycles. The minimum Gasteiger partial charge on any atom is -0.348 e. The summed E-state index contributed by atoms with van der Waals surface area (Å²) in [6.07, 6.45) is 2.07. The zero-order valence-corrected chi connectivity index (χ0v) is 13.9. The Hall–Kier alpha value is -2.04. The van der Waals surface area contributed by atoms with Crippen LogP contribution in [0, 0.1) is 0 Å². The first-order chi connectivity index (χ1) is 11.2. The van der Waals surface area contributed by atoms with E-state index >= 15 is 0 Å². The van der Waals surface area contributed by atoms with E-state index in [0.717, 1.165) is 22.7 Å². The van der Waals surface area contributed by atoms with E-state index in [9.17, 15) is 4.79 Å². The number of fused-ring (bicyclic) bond motifs is 1. The van der Waals surface area contributed by atoms with Crippen molar-refractivity contribution in [2.45, 2.75) is 12.6 Å². The quantitative estimate of drug-likeness (QED) is 0.675. The topological polar surface area (TPSA) is 25.2 Å². The van der Waals surface area contributed by atoms with E-state index in [-0.39, 0.29) is 11.9 Å². The van der Waals surface area contributed by atoms with Crippen molar-refractivity contribution < 1.29 is 4.79 Å². The molecule has 116 valence electrons. The van der Waals surface area contributed by atoms with E-state index in [1.54, 1.807) is 0 Å². The molecule has 23 heavy (non-hydrogen) atoms. The van der Waals surface area contributed by atoms with Crippen molar-refractivity contribution in [1.29, 1.82) is 0 Å². The Labute approximate surface area is 143 Å². The molecule has 0 N–H and O–H groups in total. The number of benzene rings is 1. The van der Waals surface area contributed by atoms with Gasteiger partial charge in [0.05, 0.1) is 10.9 Å². The summed E-state index contributed by atoms with van der Waals surface area (Å²) in [6, 6.07) is 15.6. The summed E-state index contributed by atoms with van der Waals surface area (Å²) < 4.78 is 2.21. The van der Waals surface area contributed by atoms with Gasteiger partial charge in [0.2, 0.25) is 0 Å².